The van der Waals surface area contributed by atoms with Crippen LogP contribution in [0.1, 0.15) is 68.7 Å². The van der Waals surface area contributed by atoms with Gasteiger partial charge in [0.1, 0.15) is 5.69 Å². The smallest absolute Gasteiger partial charge is 0.272 e. The molecule has 1 saturated heterocycles. The van der Waals surface area contributed by atoms with Crippen molar-refractivity contribution in [2.75, 3.05) is 13.1 Å². The molecule has 1 amide bonds. The molecule has 1 N–H and O–H groups in total. The van der Waals surface area contributed by atoms with Crippen molar-refractivity contribution >= 4 is 5.91 Å². The number of hydrogen-bond acceptors (Lipinski definition) is 3. The molecule has 0 radical (unpaired) electrons. The van der Waals surface area contributed by atoms with E-state index in [0.29, 0.717) is 12.2 Å². The van der Waals surface area contributed by atoms with Gasteiger partial charge in [-0.25, -0.2) is 0 Å². The normalized spacial score (nSPS) is 20.5. The van der Waals surface area contributed by atoms with Gasteiger partial charge < -0.3 is 10.0 Å². The number of likely N-dealkylation sites (tertiary alicyclic amines) is 1. The highest BCUT2D eigenvalue weighted by Gasteiger charge is 2.29. The van der Waals surface area contributed by atoms with Crippen LogP contribution in [0.2, 0.25) is 0 Å². The highest BCUT2D eigenvalue weighted by molar-refractivity contribution is 5.92. The first-order valence-electron chi connectivity index (χ1n) is 8.51. The topological polar surface area (TPSA) is 58.4 Å². The van der Waals surface area contributed by atoms with Gasteiger partial charge in [0.2, 0.25) is 0 Å². The van der Waals surface area contributed by atoms with Crippen LogP contribution >= 0.6 is 0 Å². The summed E-state index contributed by atoms with van der Waals surface area (Å²) in [6.07, 6.45) is 3.52. The van der Waals surface area contributed by atoms with E-state index in [1.165, 1.54) is 0 Å². The third kappa shape index (κ3) is 3.51. The molecular formula is C17H29N3O2. The van der Waals surface area contributed by atoms with Crippen molar-refractivity contribution in [2.45, 2.75) is 65.5 Å². The molecule has 1 aromatic rings. The summed E-state index contributed by atoms with van der Waals surface area (Å²) >= 11 is 0. The number of amides is 1. The van der Waals surface area contributed by atoms with Gasteiger partial charge in [0, 0.05) is 19.0 Å². The lowest BCUT2D eigenvalue weighted by atomic mass is 9.93. The number of carbonyl (C=O) groups is 1. The van der Waals surface area contributed by atoms with Gasteiger partial charge in [-0.2, -0.15) is 5.10 Å². The molecular weight excluding hydrogens is 278 g/mol. The van der Waals surface area contributed by atoms with Crippen molar-refractivity contribution < 1.29 is 9.90 Å². The summed E-state index contributed by atoms with van der Waals surface area (Å²) in [6, 6.07) is 2.16. The Bertz CT molecular complexity index is 506. The minimum atomic E-state index is -0.360. The molecule has 2 atom stereocenters. The number of aliphatic hydroxyl groups excluding tert-OH is 1. The maximum Gasteiger partial charge on any atom is 0.272 e. The van der Waals surface area contributed by atoms with E-state index in [1.807, 2.05) is 29.5 Å². The Morgan fingerprint density at radius 3 is 2.73 bits per heavy atom. The Morgan fingerprint density at radius 2 is 2.14 bits per heavy atom. The van der Waals surface area contributed by atoms with Crippen LogP contribution in [0.25, 0.3) is 0 Å². The minimum absolute atomic E-state index is 0.0536. The molecule has 0 saturated carbocycles. The Morgan fingerprint density at radius 1 is 1.45 bits per heavy atom. The predicted octanol–water partition coefficient (Wildman–Crippen LogP) is 2.79. The van der Waals surface area contributed by atoms with Crippen LogP contribution in [0.5, 0.6) is 0 Å². The summed E-state index contributed by atoms with van der Waals surface area (Å²) in [5.41, 5.74) is 1.58. The SMILES string of the molecule is CCC(CC)n1nc(C)cc1C(=O)N1CCCC(C(C)O)C1. The highest BCUT2D eigenvalue weighted by Crippen LogP contribution is 2.24. The summed E-state index contributed by atoms with van der Waals surface area (Å²) in [7, 11) is 0. The van der Waals surface area contributed by atoms with Gasteiger partial charge in [0.05, 0.1) is 17.8 Å². The van der Waals surface area contributed by atoms with Crippen molar-refractivity contribution in [3.05, 3.63) is 17.5 Å². The summed E-state index contributed by atoms with van der Waals surface area (Å²) in [5, 5.41) is 14.4. The lowest BCUT2D eigenvalue weighted by molar-refractivity contribution is 0.0454. The van der Waals surface area contributed by atoms with E-state index < -0.39 is 0 Å². The molecule has 5 nitrogen and oxygen atoms in total. The molecule has 1 aromatic heterocycles. The molecule has 1 aliphatic rings. The maximum absolute atomic E-state index is 12.9. The quantitative estimate of drug-likeness (QED) is 0.910. The van der Waals surface area contributed by atoms with Gasteiger partial charge in [0.15, 0.2) is 0 Å². The number of rotatable bonds is 5. The fraction of sp³-hybridized carbons (Fsp3) is 0.765. The average molecular weight is 307 g/mol. The standard InChI is InChI=1S/C17H29N3O2/c1-5-15(6-2)20-16(10-12(3)18-20)17(22)19-9-7-8-14(11-19)13(4)21/h10,13-15,21H,5-9,11H2,1-4H3. The number of aromatic nitrogens is 2. The van der Waals surface area contributed by atoms with E-state index >= 15 is 0 Å². The van der Waals surface area contributed by atoms with Crippen LogP contribution in [0.3, 0.4) is 0 Å². The maximum atomic E-state index is 12.9. The second kappa shape index (κ2) is 7.27. The van der Waals surface area contributed by atoms with Crippen molar-refractivity contribution in [1.82, 2.24) is 14.7 Å². The largest absolute Gasteiger partial charge is 0.393 e. The van der Waals surface area contributed by atoms with Crippen molar-refractivity contribution in [1.29, 1.82) is 0 Å². The fourth-order valence-corrected chi connectivity index (χ4v) is 3.34. The summed E-state index contributed by atoms with van der Waals surface area (Å²) < 4.78 is 1.91. The van der Waals surface area contributed by atoms with Crippen LogP contribution in [-0.4, -0.2) is 44.9 Å². The summed E-state index contributed by atoms with van der Waals surface area (Å²) in [4.78, 5) is 14.8. The molecule has 124 valence electrons. The zero-order valence-corrected chi connectivity index (χ0v) is 14.2. The van der Waals surface area contributed by atoms with Crippen LogP contribution in [0.15, 0.2) is 6.07 Å². The van der Waals surface area contributed by atoms with Crippen molar-refractivity contribution in [2.24, 2.45) is 5.92 Å². The molecule has 2 heterocycles. The van der Waals surface area contributed by atoms with Crippen molar-refractivity contribution in [3.8, 4) is 0 Å². The molecule has 0 aliphatic carbocycles. The lowest BCUT2D eigenvalue weighted by Crippen LogP contribution is -2.43. The van der Waals surface area contributed by atoms with Crippen LogP contribution < -0.4 is 0 Å². The Kier molecular flexibility index (Phi) is 5.62. The van der Waals surface area contributed by atoms with Gasteiger partial charge in [-0.3, -0.25) is 9.48 Å². The number of nitrogens with zero attached hydrogens (tertiary/aromatic N) is 3. The average Bonchev–Trinajstić information content (AvgIpc) is 2.89. The Labute approximate surface area is 133 Å². The summed E-state index contributed by atoms with van der Waals surface area (Å²) in [6.45, 7) is 9.42. The van der Waals surface area contributed by atoms with Gasteiger partial charge in [-0.05, 0) is 45.6 Å². The molecule has 1 aliphatic heterocycles. The van der Waals surface area contributed by atoms with Gasteiger partial charge in [0.25, 0.3) is 5.91 Å². The van der Waals surface area contributed by atoms with Gasteiger partial charge in [-0.15, -0.1) is 0 Å². The monoisotopic (exact) mass is 307 g/mol. The molecule has 2 unspecified atom stereocenters. The van der Waals surface area contributed by atoms with E-state index in [9.17, 15) is 9.90 Å². The van der Waals surface area contributed by atoms with E-state index in [2.05, 4.69) is 18.9 Å². The highest BCUT2D eigenvalue weighted by atomic mass is 16.3. The number of aryl methyl sites for hydroxylation is 1. The molecule has 0 aromatic carbocycles. The Hall–Kier alpha value is -1.36. The second-order valence-corrected chi connectivity index (χ2v) is 6.48. The fourth-order valence-electron chi connectivity index (χ4n) is 3.34. The van der Waals surface area contributed by atoms with Crippen LogP contribution in [0, 0.1) is 12.8 Å². The lowest BCUT2D eigenvalue weighted by Gasteiger charge is -2.34. The van der Waals surface area contributed by atoms with E-state index in [4.69, 9.17) is 0 Å². The van der Waals surface area contributed by atoms with Crippen LogP contribution in [-0.2, 0) is 0 Å². The molecule has 2 rings (SSSR count). The first-order chi connectivity index (χ1) is 10.5. The molecule has 0 bridgehead atoms. The molecule has 5 heteroatoms. The minimum Gasteiger partial charge on any atom is -0.393 e. The third-order valence-electron chi connectivity index (χ3n) is 4.79. The number of hydrogen-bond donors (Lipinski definition) is 1. The molecule has 22 heavy (non-hydrogen) atoms. The first kappa shape index (κ1) is 17.0. The zero-order chi connectivity index (χ0) is 16.3. The second-order valence-electron chi connectivity index (χ2n) is 6.48. The Balaban J connectivity index is 2.22. The number of carbonyl (C=O) groups excluding carboxylic acids is 1. The van der Waals surface area contributed by atoms with E-state index in [-0.39, 0.29) is 24.0 Å². The third-order valence-corrected chi connectivity index (χ3v) is 4.79. The zero-order valence-electron chi connectivity index (χ0n) is 14.2. The van der Waals surface area contributed by atoms with E-state index in [1.54, 1.807) is 0 Å². The molecule has 1 fully saturated rings. The van der Waals surface area contributed by atoms with Gasteiger partial charge >= 0.3 is 0 Å². The summed E-state index contributed by atoms with van der Waals surface area (Å²) in [5.74, 6) is 0.237. The number of aliphatic hydroxyl groups is 1. The van der Waals surface area contributed by atoms with Crippen molar-refractivity contribution in [3.63, 3.8) is 0 Å². The van der Waals surface area contributed by atoms with E-state index in [0.717, 1.165) is 37.9 Å². The predicted molar refractivity (Wildman–Crippen MR) is 86.9 cm³/mol. The van der Waals surface area contributed by atoms with Crippen LogP contribution in [0.4, 0.5) is 0 Å². The van der Waals surface area contributed by atoms with Gasteiger partial charge in [-0.1, -0.05) is 13.8 Å². The first-order valence-corrected chi connectivity index (χ1v) is 8.51. The number of piperidine rings is 1. The molecule has 0 spiro atoms.